The molecular formula is C27H25ClN4O3. The molecule has 7 nitrogen and oxygen atoms in total. The summed E-state index contributed by atoms with van der Waals surface area (Å²) in [6, 6.07) is 20.6. The lowest BCUT2D eigenvalue weighted by atomic mass is 9.94. The van der Waals surface area contributed by atoms with E-state index in [2.05, 4.69) is 10.4 Å². The van der Waals surface area contributed by atoms with Crippen molar-refractivity contribution in [1.29, 1.82) is 0 Å². The molecule has 0 unspecified atom stereocenters. The third kappa shape index (κ3) is 4.35. The quantitative estimate of drug-likeness (QED) is 0.421. The van der Waals surface area contributed by atoms with Crippen LogP contribution in [0.5, 0.6) is 0 Å². The lowest BCUT2D eigenvalue weighted by Gasteiger charge is -2.43. The summed E-state index contributed by atoms with van der Waals surface area (Å²) in [4.78, 5) is 29.0. The number of nitrogens with one attached hydrogen (secondary N) is 1. The molecule has 5 rings (SSSR count). The molecule has 0 saturated heterocycles. The average molecular weight is 489 g/mol. The molecule has 1 atom stereocenters. The molecule has 2 aromatic heterocycles. The molecule has 0 fully saturated rings. The Morgan fingerprint density at radius 2 is 1.91 bits per heavy atom. The first-order chi connectivity index (χ1) is 16.8. The number of furan rings is 1. The monoisotopic (exact) mass is 488 g/mol. The van der Waals surface area contributed by atoms with Crippen LogP contribution in [0.3, 0.4) is 0 Å². The van der Waals surface area contributed by atoms with Crippen molar-refractivity contribution in [3.63, 3.8) is 0 Å². The second-order valence-corrected chi connectivity index (χ2v) is 9.38. The third-order valence-electron chi connectivity index (χ3n) is 6.42. The fraction of sp³-hybridized carbons (Fsp3) is 0.222. The Labute approximate surface area is 208 Å². The molecule has 1 aliphatic rings. The van der Waals surface area contributed by atoms with Crippen molar-refractivity contribution in [2.24, 2.45) is 0 Å². The maximum Gasteiger partial charge on any atom is 0.273 e. The van der Waals surface area contributed by atoms with Gasteiger partial charge in [0.1, 0.15) is 16.9 Å². The molecule has 2 amide bonds. The predicted molar refractivity (Wildman–Crippen MR) is 133 cm³/mol. The highest BCUT2D eigenvalue weighted by Gasteiger charge is 2.48. The normalized spacial score (nSPS) is 17.3. The minimum Gasteiger partial charge on any atom is -0.463 e. The predicted octanol–water partition coefficient (Wildman–Crippen LogP) is 4.84. The summed E-state index contributed by atoms with van der Waals surface area (Å²) in [5.74, 6) is -0.00322. The highest BCUT2D eigenvalue weighted by molar-refractivity contribution is 6.31. The van der Waals surface area contributed by atoms with E-state index in [1.54, 1.807) is 47.0 Å². The molecule has 0 aliphatic carbocycles. The topological polar surface area (TPSA) is 80.4 Å². The SMILES string of the molecule is Cc1ccc(CNC(=O)[C@@]2(C)Cn3nc(-c4ccco4)cc3C(=O)N2Cc2ccccc2Cl)cc1. The lowest BCUT2D eigenvalue weighted by Crippen LogP contribution is -2.63. The zero-order chi connectivity index (χ0) is 24.6. The van der Waals surface area contributed by atoms with E-state index in [0.29, 0.717) is 28.7 Å². The Bertz CT molecular complexity index is 1380. The van der Waals surface area contributed by atoms with Crippen LogP contribution in [0.25, 0.3) is 11.5 Å². The first-order valence-corrected chi connectivity index (χ1v) is 11.7. The highest BCUT2D eigenvalue weighted by atomic mass is 35.5. The Balaban J connectivity index is 1.49. The van der Waals surface area contributed by atoms with E-state index in [-0.39, 0.29) is 24.9 Å². The van der Waals surface area contributed by atoms with Crippen LogP contribution in [0, 0.1) is 6.92 Å². The van der Waals surface area contributed by atoms with Crippen molar-refractivity contribution >= 4 is 23.4 Å². The molecule has 0 radical (unpaired) electrons. The number of hydrogen-bond donors (Lipinski definition) is 1. The number of benzene rings is 2. The molecule has 8 heteroatoms. The van der Waals surface area contributed by atoms with Crippen LogP contribution in [-0.2, 0) is 24.4 Å². The molecule has 3 heterocycles. The minimum absolute atomic E-state index is 0.189. The van der Waals surface area contributed by atoms with E-state index in [9.17, 15) is 9.59 Å². The zero-order valence-electron chi connectivity index (χ0n) is 19.5. The van der Waals surface area contributed by atoms with Crippen LogP contribution in [0.15, 0.2) is 77.4 Å². The summed E-state index contributed by atoms with van der Waals surface area (Å²) in [5.41, 5.74) is 2.63. The summed E-state index contributed by atoms with van der Waals surface area (Å²) in [7, 11) is 0. The van der Waals surface area contributed by atoms with E-state index < -0.39 is 5.54 Å². The van der Waals surface area contributed by atoms with Crippen molar-refractivity contribution in [3.05, 3.63) is 100 Å². The molecule has 4 aromatic rings. The number of carbonyl (C=O) groups excluding carboxylic acids is 2. The Kier molecular flexibility index (Phi) is 5.94. The number of hydrogen-bond acceptors (Lipinski definition) is 4. The molecule has 1 aliphatic heterocycles. The molecule has 0 spiro atoms. The van der Waals surface area contributed by atoms with Crippen LogP contribution in [0.2, 0.25) is 5.02 Å². The van der Waals surface area contributed by atoms with Gasteiger partial charge in [-0.1, -0.05) is 59.6 Å². The van der Waals surface area contributed by atoms with Gasteiger partial charge in [-0.05, 0) is 43.2 Å². The summed E-state index contributed by atoms with van der Waals surface area (Å²) in [5, 5.41) is 8.14. The Hall–Kier alpha value is -3.84. The summed E-state index contributed by atoms with van der Waals surface area (Å²) in [6.07, 6.45) is 1.56. The van der Waals surface area contributed by atoms with Crippen LogP contribution in [-0.4, -0.2) is 32.0 Å². The van der Waals surface area contributed by atoms with Gasteiger partial charge in [0.2, 0.25) is 5.91 Å². The summed E-state index contributed by atoms with van der Waals surface area (Å²) >= 11 is 6.42. The van der Waals surface area contributed by atoms with E-state index >= 15 is 0 Å². The van der Waals surface area contributed by atoms with Gasteiger partial charge in [0, 0.05) is 24.2 Å². The van der Waals surface area contributed by atoms with Crippen molar-refractivity contribution < 1.29 is 14.0 Å². The minimum atomic E-state index is -1.19. The molecule has 0 saturated carbocycles. The number of carbonyl (C=O) groups is 2. The van der Waals surface area contributed by atoms with Gasteiger partial charge in [-0.3, -0.25) is 14.3 Å². The maximum absolute atomic E-state index is 13.8. The number of fused-ring (bicyclic) bond motifs is 1. The van der Waals surface area contributed by atoms with Gasteiger partial charge in [0.15, 0.2) is 5.76 Å². The van der Waals surface area contributed by atoms with E-state index in [0.717, 1.165) is 16.7 Å². The van der Waals surface area contributed by atoms with Crippen molar-refractivity contribution in [3.8, 4) is 11.5 Å². The molecule has 178 valence electrons. The van der Waals surface area contributed by atoms with Gasteiger partial charge in [-0.15, -0.1) is 0 Å². The fourth-order valence-corrected chi connectivity index (χ4v) is 4.51. The van der Waals surface area contributed by atoms with Crippen LogP contribution >= 0.6 is 11.6 Å². The van der Waals surface area contributed by atoms with Gasteiger partial charge >= 0.3 is 0 Å². The largest absolute Gasteiger partial charge is 0.463 e. The van der Waals surface area contributed by atoms with Gasteiger partial charge in [0.05, 0.1) is 12.8 Å². The number of rotatable bonds is 6. The Morgan fingerprint density at radius 3 is 2.63 bits per heavy atom. The van der Waals surface area contributed by atoms with Gasteiger partial charge in [-0.25, -0.2) is 0 Å². The first-order valence-electron chi connectivity index (χ1n) is 11.4. The number of aryl methyl sites for hydroxylation is 1. The fourth-order valence-electron chi connectivity index (χ4n) is 4.31. The standard InChI is InChI=1S/C27H25ClN4O3/c1-18-9-11-19(12-10-18)15-29-26(34)27(2)17-32-23(14-22(30-32)24-8-5-13-35-24)25(33)31(27)16-20-6-3-4-7-21(20)28/h3-14H,15-17H2,1-2H3,(H,29,34)/t27-/m1/s1. The van der Waals surface area contributed by atoms with Crippen molar-refractivity contribution in [1.82, 2.24) is 20.0 Å². The van der Waals surface area contributed by atoms with Crippen molar-refractivity contribution in [2.45, 2.75) is 39.0 Å². The molecule has 2 aromatic carbocycles. The van der Waals surface area contributed by atoms with Gasteiger partial charge < -0.3 is 14.6 Å². The van der Waals surface area contributed by atoms with Crippen LogP contribution in [0.4, 0.5) is 0 Å². The third-order valence-corrected chi connectivity index (χ3v) is 6.79. The molecular weight excluding hydrogens is 464 g/mol. The highest BCUT2D eigenvalue weighted by Crippen LogP contribution is 2.32. The number of halogens is 1. The smallest absolute Gasteiger partial charge is 0.273 e. The van der Waals surface area contributed by atoms with Gasteiger partial charge in [-0.2, -0.15) is 5.10 Å². The van der Waals surface area contributed by atoms with Gasteiger partial charge in [0.25, 0.3) is 5.91 Å². The van der Waals surface area contributed by atoms with E-state index in [1.807, 2.05) is 49.4 Å². The first kappa shape index (κ1) is 22.9. The second kappa shape index (κ2) is 9.07. The van der Waals surface area contributed by atoms with Crippen LogP contribution in [0.1, 0.15) is 34.1 Å². The molecule has 0 bridgehead atoms. The number of nitrogens with zero attached hydrogens (tertiary/aromatic N) is 3. The van der Waals surface area contributed by atoms with E-state index in [1.165, 1.54) is 0 Å². The summed E-state index contributed by atoms with van der Waals surface area (Å²) in [6.45, 7) is 4.52. The lowest BCUT2D eigenvalue weighted by molar-refractivity contribution is -0.133. The summed E-state index contributed by atoms with van der Waals surface area (Å²) < 4.78 is 7.06. The maximum atomic E-state index is 13.8. The van der Waals surface area contributed by atoms with E-state index in [4.69, 9.17) is 16.0 Å². The number of amides is 2. The van der Waals surface area contributed by atoms with Crippen LogP contribution < -0.4 is 5.32 Å². The number of aromatic nitrogens is 2. The average Bonchev–Trinajstić information content (AvgIpc) is 3.52. The molecule has 35 heavy (non-hydrogen) atoms. The second-order valence-electron chi connectivity index (χ2n) is 8.97. The Morgan fingerprint density at radius 1 is 1.14 bits per heavy atom. The van der Waals surface area contributed by atoms with Crippen molar-refractivity contribution in [2.75, 3.05) is 0 Å². The zero-order valence-corrected chi connectivity index (χ0v) is 20.2. The molecule has 1 N–H and O–H groups in total.